The van der Waals surface area contributed by atoms with Gasteiger partial charge in [0.15, 0.2) is 16.4 Å². The van der Waals surface area contributed by atoms with Crippen molar-refractivity contribution in [2.45, 2.75) is 44.2 Å². The van der Waals surface area contributed by atoms with Gasteiger partial charge < -0.3 is 14.5 Å². The highest BCUT2D eigenvalue weighted by molar-refractivity contribution is 7.91. The molecule has 3 heterocycles. The summed E-state index contributed by atoms with van der Waals surface area (Å²) in [5.41, 5.74) is 0.360. The van der Waals surface area contributed by atoms with Crippen LogP contribution in [-0.4, -0.2) is 73.5 Å². The molecule has 0 spiro atoms. The molecule has 1 unspecified atom stereocenters. The van der Waals surface area contributed by atoms with Crippen LogP contribution in [0, 0.1) is 0 Å². The monoisotopic (exact) mass is 407 g/mol. The summed E-state index contributed by atoms with van der Waals surface area (Å²) >= 11 is 0. The fraction of sp³-hybridized carbons (Fsp3) is 0.632. The van der Waals surface area contributed by atoms with Crippen molar-refractivity contribution in [3.05, 3.63) is 23.9 Å². The Bertz CT molecular complexity index is 862. The summed E-state index contributed by atoms with van der Waals surface area (Å²) < 4.78 is 28.9. The normalized spacial score (nSPS) is 23.6. The van der Waals surface area contributed by atoms with Crippen molar-refractivity contribution in [2.24, 2.45) is 0 Å². The number of nitrogens with zero attached hydrogens (tertiary/aromatic N) is 3. The van der Waals surface area contributed by atoms with Crippen LogP contribution >= 0.6 is 0 Å². The number of anilines is 1. The number of hydrogen-bond donors (Lipinski definition) is 0. The lowest BCUT2D eigenvalue weighted by atomic mass is 10.2. The molecule has 1 aromatic heterocycles. The van der Waals surface area contributed by atoms with E-state index in [0.717, 1.165) is 38.8 Å². The number of carbonyl (C=O) groups excluding carboxylic acids is 2. The van der Waals surface area contributed by atoms with Gasteiger partial charge in [-0.3, -0.25) is 4.79 Å². The van der Waals surface area contributed by atoms with Gasteiger partial charge in [0.2, 0.25) is 0 Å². The maximum absolute atomic E-state index is 12.7. The fourth-order valence-electron chi connectivity index (χ4n) is 4.07. The van der Waals surface area contributed by atoms with Crippen molar-refractivity contribution in [3.8, 4) is 0 Å². The van der Waals surface area contributed by atoms with E-state index in [9.17, 15) is 18.0 Å². The van der Waals surface area contributed by atoms with Gasteiger partial charge >= 0.3 is 5.97 Å². The predicted molar refractivity (Wildman–Crippen MR) is 103 cm³/mol. The number of hydrogen-bond acceptors (Lipinski definition) is 7. The molecule has 2 saturated heterocycles. The highest BCUT2D eigenvalue weighted by Crippen LogP contribution is 2.32. The molecule has 28 heavy (non-hydrogen) atoms. The standard InChI is InChI=1S/C19H25N3O5S/c23-17(22(14-5-6-14)15-7-11-28(25,26)13-15)12-27-19(24)16-4-3-8-20-18(16)21-9-1-2-10-21/h3-4,8,14-15H,1-2,5-7,9-13H2. The van der Waals surface area contributed by atoms with Crippen LogP contribution in [0.25, 0.3) is 0 Å². The van der Waals surface area contributed by atoms with E-state index in [1.165, 1.54) is 0 Å². The Kier molecular flexibility index (Phi) is 5.27. The van der Waals surface area contributed by atoms with E-state index in [1.807, 2.05) is 0 Å². The number of carbonyl (C=O) groups is 2. The minimum Gasteiger partial charge on any atom is -0.452 e. The minimum absolute atomic E-state index is 0.00486. The second-order valence-corrected chi connectivity index (χ2v) is 9.96. The molecule has 1 atom stereocenters. The van der Waals surface area contributed by atoms with Gasteiger partial charge in [-0.25, -0.2) is 18.2 Å². The van der Waals surface area contributed by atoms with E-state index < -0.39 is 15.8 Å². The van der Waals surface area contributed by atoms with Gasteiger partial charge in [-0.1, -0.05) is 0 Å². The van der Waals surface area contributed by atoms with E-state index in [-0.39, 0.29) is 36.1 Å². The highest BCUT2D eigenvalue weighted by Gasteiger charge is 2.42. The molecule has 9 heteroatoms. The van der Waals surface area contributed by atoms with E-state index in [0.29, 0.717) is 17.8 Å². The van der Waals surface area contributed by atoms with Gasteiger partial charge in [-0.05, 0) is 44.2 Å². The zero-order valence-corrected chi connectivity index (χ0v) is 16.6. The molecule has 4 rings (SSSR count). The molecule has 0 aromatic carbocycles. The Morgan fingerprint density at radius 2 is 1.93 bits per heavy atom. The molecular weight excluding hydrogens is 382 g/mol. The van der Waals surface area contributed by atoms with Crippen molar-refractivity contribution in [3.63, 3.8) is 0 Å². The summed E-state index contributed by atoms with van der Waals surface area (Å²) in [6.07, 6.45) is 5.97. The third-order valence-electron chi connectivity index (χ3n) is 5.57. The molecule has 2 aliphatic heterocycles. The number of rotatable bonds is 6. The molecule has 0 radical (unpaired) electrons. The molecule has 3 fully saturated rings. The quantitative estimate of drug-likeness (QED) is 0.650. The molecule has 1 saturated carbocycles. The Labute approximate surface area is 164 Å². The first-order valence-corrected chi connectivity index (χ1v) is 11.7. The largest absolute Gasteiger partial charge is 0.452 e. The number of ether oxygens (including phenoxy) is 1. The lowest BCUT2D eigenvalue weighted by Gasteiger charge is -2.28. The molecule has 152 valence electrons. The van der Waals surface area contributed by atoms with E-state index in [2.05, 4.69) is 9.88 Å². The minimum atomic E-state index is -3.08. The van der Waals surface area contributed by atoms with Gasteiger partial charge in [0.1, 0.15) is 11.4 Å². The topological polar surface area (TPSA) is 96.9 Å². The molecule has 3 aliphatic rings. The average Bonchev–Trinajstić information content (AvgIpc) is 3.22. The Morgan fingerprint density at radius 1 is 1.18 bits per heavy atom. The Balaban J connectivity index is 1.41. The van der Waals surface area contributed by atoms with Crippen LogP contribution in [0.4, 0.5) is 5.82 Å². The maximum Gasteiger partial charge on any atom is 0.342 e. The number of aromatic nitrogens is 1. The summed E-state index contributed by atoms with van der Waals surface area (Å²) in [4.78, 5) is 33.4. The molecule has 0 bridgehead atoms. The van der Waals surface area contributed by atoms with Crippen molar-refractivity contribution in [1.29, 1.82) is 0 Å². The molecule has 8 nitrogen and oxygen atoms in total. The van der Waals surface area contributed by atoms with Gasteiger partial charge in [0, 0.05) is 31.4 Å². The van der Waals surface area contributed by atoms with Gasteiger partial charge in [0.05, 0.1) is 11.5 Å². The first-order chi connectivity index (χ1) is 13.4. The van der Waals surface area contributed by atoms with Gasteiger partial charge in [-0.2, -0.15) is 0 Å². The molecule has 1 aliphatic carbocycles. The number of pyridine rings is 1. The molecule has 1 aromatic rings. The number of amides is 1. The molecule has 1 amide bonds. The van der Waals surface area contributed by atoms with Crippen LogP contribution in [-0.2, 0) is 19.4 Å². The first kappa shape index (κ1) is 19.2. The van der Waals surface area contributed by atoms with Crippen molar-refractivity contribution >= 4 is 27.5 Å². The summed E-state index contributed by atoms with van der Waals surface area (Å²) in [5.74, 6) is -0.172. The van der Waals surface area contributed by atoms with E-state index in [4.69, 9.17) is 4.74 Å². The van der Waals surface area contributed by atoms with Crippen LogP contribution in [0.15, 0.2) is 18.3 Å². The molecule has 0 N–H and O–H groups in total. The van der Waals surface area contributed by atoms with Gasteiger partial charge in [0.25, 0.3) is 5.91 Å². The van der Waals surface area contributed by atoms with Crippen LogP contribution in [0.1, 0.15) is 42.5 Å². The Hall–Kier alpha value is -2.16. The van der Waals surface area contributed by atoms with Crippen LogP contribution < -0.4 is 4.90 Å². The van der Waals surface area contributed by atoms with E-state index >= 15 is 0 Å². The summed E-state index contributed by atoms with van der Waals surface area (Å²) in [6, 6.07) is 3.11. The summed E-state index contributed by atoms with van der Waals surface area (Å²) in [7, 11) is -3.08. The van der Waals surface area contributed by atoms with Crippen molar-refractivity contribution in [2.75, 3.05) is 36.1 Å². The van der Waals surface area contributed by atoms with E-state index in [1.54, 1.807) is 23.2 Å². The van der Waals surface area contributed by atoms with Crippen LogP contribution in [0.2, 0.25) is 0 Å². The lowest BCUT2D eigenvalue weighted by molar-refractivity contribution is -0.137. The fourth-order valence-corrected chi connectivity index (χ4v) is 5.78. The Morgan fingerprint density at radius 3 is 2.57 bits per heavy atom. The highest BCUT2D eigenvalue weighted by atomic mass is 32.2. The predicted octanol–water partition coefficient (Wildman–Crippen LogP) is 1.02. The zero-order valence-electron chi connectivity index (χ0n) is 15.7. The third-order valence-corrected chi connectivity index (χ3v) is 7.32. The second-order valence-electron chi connectivity index (χ2n) is 7.73. The zero-order chi connectivity index (χ0) is 19.7. The maximum atomic E-state index is 12.7. The number of esters is 1. The third kappa shape index (κ3) is 4.14. The summed E-state index contributed by atoms with van der Waals surface area (Å²) in [5, 5.41) is 0. The summed E-state index contributed by atoms with van der Waals surface area (Å²) in [6.45, 7) is 1.32. The lowest BCUT2D eigenvalue weighted by Crippen LogP contribution is -2.44. The first-order valence-electron chi connectivity index (χ1n) is 9.83. The SMILES string of the molecule is O=C(OCC(=O)N(C1CC1)C1CCS(=O)(=O)C1)c1cccnc1N1CCCC1. The number of sulfone groups is 1. The second kappa shape index (κ2) is 7.69. The smallest absolute Gasteiger partial charge is 0.342 e. The molecular formula is C19H25N3O5S. The van der Waals surface area contributed by atoms with Gasteiger partial charge in [-0.15, -0.1) is 0 Å². The van der Waals surface area contributed by atoms with Crippen LogP contribution in [0.3, 0.4) is 0 Å². The average molecular weight is 407 g/mol. The van der Waals surface area contributed by atoms with Crippen molar-refractivity contribution in [1.82, 2.24) is 9.88 Å². The van der Waals surface area contributed by atoms with Crippen molar-refractivity contribution < 1.29 is 22.7 Å². The van der Waals surface area contributed by atoms with Crippen LogP contribution in [0.5, 0.6) is 0 Å².